The minimum absolute atomic E-state index is 0.759. The van der Waals surface area contributed by atoms with Crippen LogP contribution in [-0.4, -0.2) is 12.6 Å². The van der Waals surface area contributed by atoms with Gasteiger partial charge in [0.25, 0.3) is 0 Å². The molecule has 2 aliphatic carbocycles. The van der Waals surface area contributed by atoms with Crippen molar-refractivity contribution in [3.05, 3.63) is 35.4 Å². The number of hydrogen-bond acceptors (Lipinski definition) is 1. The standard InChI is InChI=1S/C18H27N/c1-2-11-19-18(14-7-3-4-8-14)17-12-15-9-5-6-10-16(15)13-17/h5-6,9-10,14,17-19H,2-4,7-8,11-13H2,1H3. The van der Waals surface area contributed by atoms with Gasteiger partial charge in [0.05, 0.1) is 0 Å². The van der Waals surface area contributed by atoms with Crippen LogP contribution in [0, 0.1) is 11.8 Å². The first kappa shape index (κ1) is 13.2. The molecule has 1 aromatic rings. The van der Waals surface area contributed by atoms with Gasteiger partial charge in [-0.3, -0.25) is 0 Å². The van der Waals surface area contributed by atoms with Gasteiger partial charge in [-0.1, -0.05) is 44.0 Å². The monoisotopic (exact) mass is 257 g/mol. The summed E-state index contributed by atoms with van der Waals surface area (Å²) in [6.07, 6.45) is 9.66. The van der Waals surface area contributed by atoms with E-state index < -0.39 is 0 Å². The first-order valence-corrected chi connectivity index (χ1v) is 8.18. The van der Waals surface area contributed by atoms with Crippen molar-refractivity contribution >= 4 is 0 Å². The Kier molecular flexibility index (Phi) is 4.22. The number of rotatable bonds is 5. The van der Waals surface area contributed by atoms with Crippen molar-refractivity contribution in [1.82, 2.24) is 5.32 Å². The zero-order chi connectivity index (χ0) is 13.1. The van der Waals surface area contributed by atoms with Crippen molar-refractivity contribution in [3.8, 4) is 0 Å². The molecule has 0 saturated heterocycles. The third-order valence-corrected chi connectivity index (χ3v) is 5.13. The van der Waals surface area contributed by atoms with Crippen molar-refractivity contribution in [2.45, 2.75) is 57.9 Å². The summed E-state index contributed by atoms with van der Waals surface area (Å²) in [4.78, 5) is 0. The van der Waals surface area contributed by atoms with E-state index in [0.717, 1.165) is 17.9 Å². The van der Waals surface area contributed by atoms with Crippen LogP contribution in [0.15, 0.2) is 24.3 Å². The van der Waals surface area contributed by atoms with Gasteiger partial charge in [0.2, 0.25) is 0 Å². The van der Waals surface area contributed by atoms with Gasteiger partial charge in [-0.25, -0.2) is 0 Å². The summed E-state index contributed by atoms with van der Waals surface area (Å²) in [5, 5.41) is 3.89. The minimum Gasteiger partial charge on any atom is -0.313 e. The highest BCUT2D eigenvalue weighted by molar-refractivity contribution is 5.32. The second kappa shape index (κ2) is 6.09. The molecule has 0 spiro atoms. The lowest BCUT2D eigenvalue weighted by atomic mass is 9.85. The van der Waals surface area contributed by atoms with Gasteiger partial charge in [0.15, 0.2) is 0 Å². The molecule has 0 amide bonds. The fraction of sp³-hybridized carbons (Fsp3) is 0.667. The molecule has 1 nitrogen and oxygen atoms in total. The van der Waals surface area contributed by atoms with Crippen LogP contribution >= 0.6 is 0 Å². The third kappa shape index (κ3) is 2.86. The minimum atomic E-state index is 0.759. The average molecular weight is 257 g/mol. The maximum atomic E-state index is 3.89. The average Bonchev–Trinajstić information content (AvgIpc) is 3.08. The molecule has 104 valence electrons. The highest BCUT2D eigenvalue weighted by Crippen LogP contribution is 2.36. The fourth-order valence-corrected chi connectivity index (χ4v) is 4.19. The van der Waals surface area contributed by atoms with E-state index >= 15 is 0 Å². The second-order valence-electron chi connectivity index (χ2n) is 6.46. The maximum Gasteiger partial charge on any atom is 0.0130 e. The quantitative estimate of drug-likeness (QED) is 0.842. The van der Waals surface area contributed by atoms with Crippen molar-refractivity contribution in [1.29, 1.82) is 0 Å². The van der Waals surface area contributed by atoms with E-state index in [1.54, 1.807) is 11.1 Å². The van der Waals surface area contributed by atoms with Crippen molar-refractivity contribution in [3.63, 3.8) is 0 Å². The largest absolute Gasteiger partial charge is 0.313 e. The number of nitrogens with one attached hydrogen (secondary N) is 1. The molecular formula is C18H27N. The van der Waals surface area contributed by atoms with Crippen LogP contribution in [0.3, 0.4) is 0 Å². The summed E-state index contributed by atoms with van der Waals surface area (Å²) in [6.45, 7) is 3.47. The normalized spacial score (nSPS) is 21.7. The smallest absolute Gasteiger partial charge is 0.0130 e. The number of benzene rings is 1. The summed E-state index contributed by atoms with van der Waals surface area (Å²) in [5.41, 5.74) is 3.21. The van der Waals surface area contributed by atoms with Crippen LogP contribution in [0.25, 0.3) is 0 Å². The van der Waals surface area contributed by atoms with Crippen molar-refractivity contribution in [2.24, 2.45) is 11.8 Å². The van der Waals surface area contributed by atoms with Gasteiger partial charge in [-0.15, -0.1) is 0 Å². The third-order valence-electron chi connectivity index (χ3n) is 5.13. The van der Waals surface area contributed by atoms with Gasteiger partial charge in [-0.2, -0.15) is 0 Å². The highest BCUT2D eigenvalue weighted by atomic mass is 14.9. The molecule has 1 fully saturated rings. The van der Waals surface area contributed by atoms with Crippen LogP contribution in [0.4, 0.5) is 0 Å². The molecule has 2 aliphatic rings. The van der Waals surface area contributed by atoms with Crippen LogP contribution in [0.5, 0.6) is 0 Å². The first-order valence-electron chi connectivity index (χ1n) is 8.18. The summed E-state index contributed by atoms with van der Waals surface area (Å²) >= 11 is 0. The molecule has 3 rings (SSSR count). The Hall–Kier alpha value is -0.820. The van der Waals surface area contributed by atoms with E-state index in [-0.39, 0.29) is 0 Å². The number of hydrogen-bond donors (Lipinski definition) is 1. The summed E-state index contributed by atoms with van der Waals surface area (Å²) in [6, 6.07) is 9.83. The topological polar surface area (TPSA) is 12.0 Å². The van der Waals surface area contributed by atoms with Crippen LogP contribution < -0.4 is 5.32 Å². The molecule has 0 aromatic heterocycles. The molecular weight excluding hydrogens is 230 g/mol. The lowest BCUT2D eigenvalue weighted by molar-refractivity contribution is 0.264. The Morgan fingerprint density at radius 1 is 1.05 bits per heavy atom. The van der Waals surface area contributed by atoms with Gasteiger partial charge in [0.1, 0.15) is 0 Å². The van der Waals surface area contributed by atoms with Crippen LogP contribution in [0.1, 0.15) is 50.2 Å². The maximum absolute atomic E-state index is 3.89. The van der Waals surface area contributed by atoms with Gasteiger partial charge in [-0.05, 0) is 61.6 Å². The zero-order valence-electron chi connectivity index (χ0n) is 12.2. The SMILES string of the molecule is CCCNC(C1CCCC1)C1Cc2ccccc2C1. The van der Waals surface area contributed by atoms with E-state index in [9.17, 15) is 0 Å². The Morgan fingerprint density at radius 2 is 1.68 bits per heavy atom. The Labute approximate surface area is 117 Å². The van der Waals surface area contributed by atoms with Crippen LogP contribution in [0.2, 0.25) is 0 Å². The molecule has 0 radical (unpaired) electrons. The lowest BCUT2D eigenvalue weighted by Gasteiger charge is -2.30. The zero-order valence-corrected chi connectivity index (χ0v) is 12.2. The van der Waals surface area contributed by atoms with E-state index in [0.29, 0.717) is 0 Å². The second-order valence-corrected chi connectivity index (χ2v) is 6.46. The molecule has 0 bridgehead atoms. The summed E-state index contributed by atoms with van der Waals surface area (Å²) < 4.78 is 0. The van der Waals surface area contributed by atoms with E-state index in [1.807, 2.05) is 0 Å². The van der Waals surface area contributed by atoms with Gasteiger partial charge >= 0.3 is 0 Å². The van der Waals surface area contributed by atoms with Crippen molar-refractivity contribution in [2.75, 3.05) is 6.54 Å². The molecule has 0 heterocycles. The van der Waals surface area contributed by atoms with E-state index in [2.05, 4.69) is 36.5 Å². The molecule has 0 aliphatic heterocycles. The predicted molar refractivity (Wildman–Crippen MR) is 81.4 cm³/mol. The summed E-state index contributed by atoms with van der Waals surface area (Å²) in [7, 11) is 0. The molecule has 1 aromatic carbocycles. The highest BCUT2D eigenvalue weighted by Gasteiger charge is 2.34. The summed E-state index contributed by atoms with van der Waals surface area (Å²) in [5.74, 6) is 1.78. The first-order chi connectivity index (χ1) is 9.38. The Balaban J connectivity index is 1.70. The molecule has 1 heteroatoms. The van der Waals surface area contributed by atoms with Crippen LogP contribution in [-0.2, 0) is 12.8 Å². The molecule has 1 saturated carbocycles. The molecule has 1 atom stereocenters. The lowest BCUT2D eigenvalue weighted by Crippen LogP contribution is -2.42. The van der Waals surface area contributed by atoms with E-state index in [1.165, 1.54) is 51.5 Å². The van der Waals surface area contributed by atoms with Gasteiger partial charge in [0, 0.05) is 6.04 Å². The van der Waals surface area contributed by atoms with E-state index in [4.69, 9.17) is 0 Å². The molecule has 1 N–H and O–H groups in total. The number of fused-ring (bicyclic) bond motifs is 1. The molecule has 19 heavy (non-hydrogen) atoms. The Morgan fingerprint density at radius 3 is 2.26 bits per heavy atom. The Bertz CT molecular complexity index is 381. The van der Waals surface area contributed by atoms with Crippen molar-refractivity contribution < 1.29 is 0 Å². The molecule has 1 unspecified atom stereocenters. The predicted octanol–water partition coefficient (Wildman–Crippen LogP) is 3.96. The fourth-order valence-electron chi connectivity index (χ4n) is 4.19. The van der Waals surface area contributed by atoms with Gasteiger partial charge < -0.3 is 5.32 Å².